The number of benzene rings is 2. The van der Waals surface area contributed by atoms with Crippen LogP contribution in [0.25, 0.3) is 0 Å². The summed E-state index contributed by atoms with van der Waals surface area (Å²) < 4.78 is 5.57. The molecule has 1 atom stereocenters. The van der Waals surface area contributed by atoms with Gasteiger partial charge in [-0.15, -0.1) is 0 Å². The zero-order valence-corrected chi connectivity index (χ0v) is 19.2. The Morgan fingerprint density at radius 1 is 0.906 bits per heavy atom. The molecule has 2 fully saturated rings. The molecule has 0 aromatic heterocycles. The smallest absolute Gasteiger partial charge is 0.314 e. The van der Waals surface area contributed by atoms with Crippen molar-refractivity contribution in [3.05, 3.63) is 65.7 Å². The molecule has 2 saturated carbocycles. The number of rotatable bonds is 6. The normalized spacial score (nSPS) is 26.6. The Kier molecular flexibility index (Phi) is 7.63. The number of nitriles is 1. The number of carbonyl (C=O) groups is 1. The SMILES string of the molecule is CC(CC1CCC(C2CCC(C(=O)Oc3ccc(C#N)cc3)CC2)CC1)c1ccccc1. The summed E-state index contributed by atoms with van der Waals surface area (Å²) in [6.45, 7) is 2.37. The number of hydrogen-bond acceptors (Lipinski definition) is 3. The third kappa shape index (κ3) is 5.80. The van der Waals surface area contributed by atoms with E-state index in [0.29, 0.717) is 17.2 Å². The average molecular weight is 430 g/mol. The maximum atomic E-state index is 12.6. The Bertz CT molecular complexity index is 898. The third-order valence-corrected chi connectivity index (χ3v) is 7.92. The summed E-state index contributed by atoms with van der Waals surface area (Å²) in [5.74, 6) is 3.58. The molecule has 0 amide bonds. The van der Waals surface area contributed by atoms with E-state index in [4.69, 9.17) is 10.00 Å². The minimum absolute atomic E-state index is 0.0185. The van der Waals surface area contributed by atoms with Crippen LogP contribution in [0.1, 0.15) is 81.8 Å². The summed E-state index contributed by atoms with van der Waals surface area (Å²) >= 11 is 0. The van der Waals surface area contributed by atoms with Crippen molar-refractivity contribution in [3.8, 4) is 11.8 Å². The quantitative estimate of drug-likeness (QED) is 0.358. The van der Waals surface area contributed by atoms with Crippen molar-refractivity contribution in [1.29, 1.82) is 5.26 Å². The summed E-state index contributed by atoms with van der Waals surface area (Å²) in [6.07, 6.45) is 11.0. The van der Waals surface area contributed by atoms with Gasteiger partial charge in [0.25, 0.3) is 0 Å². The molecule has 2 aliphatic carbocycles. The molecule has 3 heteroatoms. The Hall–Kier alpha value is -2.60. The Labute approximate surface area is 192 Å². The Morgan fingerprint density at radius 3 is 2.09 bits per heavy atom. The molecule has 0 radical (unpaired) electrons. The second-order valence-electron chi connectivity index (χ2n) is 10.00. The van der Waals surface area contributed by atoms with Gasteiger partial charge < -0.3 is 4.74 Å². The number of esters is 1. The maximum Gasteiger partial charge on any atom is 0.314 e. The molecule has 168 valence electrons. The van der Waals surface area contributed by atoms with Crippen LogP contribution < -0.4 is 4.74 Å². The van der Waals surface area contributed by atoms with E-state index in [9.17, 15) is 4.79 Å². The summed E-state index contributed by atoms with van der Waals surface area (Å²) in [5.41, 5.74) is 2.05. The van der Waals surface area contributed by atoms with Crippen molar-refractivity contribution >= 4 is 5.97 Å². The van der Waals surface area contributed by atoms with Gasteiger partial charge in [0.05, 0.1) is 17.6 Å². The predicted molar refractivity (Wildman–Crippen MR) is 127 cm³/mol. The highest BCUT2D eigenvalue weighted by molar-refractivity contribution is 5.75. The lowest BCUT2D eigenvalue weighted by atomic mass is 9.68. The first-order valence-corrected chi connectivity index (χ1v) is 12.4. The molecule has 4 rings (SSSR count). The first kappa shape index (κ1) is 22.6. The molecule has 3 nitrogen and oxygen atoms in total. The van der Waals surface area contributed by atoms with Crippen molar-refractivity contribution < 1.29 is 9.53 Å². The van der Waals surface area contributed by atoms with Crippen LogP contribution in [0.3, 0.4) is 0 Å². The molecule has 1 unspecified atom stereocenters. The van der Waals surface area contributed by atoms with E-state index in [2.05, 4.69) is 43.3 Å². The summed E-state index contributed by atoms with van der Waals surface area (Å²) in [6, 6.07) is 19.8. The standard InChI is InChI=1S/C29H35NO2/c1-21(24-5-3-2-4-6-24)19-22-7-11-25(12-8-22)26-13-15-27(16-14-26)29(31)32-28-17-9-23(20-30)10-18-28/h2-6,9-10,17-18,21-22,25-27H,7-8,11-16,19H2,1H3. The van der Waals surface area contributed by atoms with Gasteiger partial charge in [0.15, 0.2) is 0 Å². The van der Waals surface area contributed by atoms with E-state index in [1.54, 1.807) is 24.3 Å². The summed E-state index contributed by atoms with van der Waals surface area (Å²) in [4.78, 5) is 12.6. The van der Waals surface area contributed by atoms with E-state index in [-0.39, 0.29) is 11.9 Å². The van der Waals surface area contributed by atoms with Crippen LogP contribution in [0.2, 0.25) is 0 Å². The van der Waals surface area contributed by atoms with Gasteiger partial charge in [-0.3, -0.25) is 4.79 Å². The molecule has 0 aliphatic heterocycles. The van der Waals surface area contributed by atoms with Crippen molar-refractivity contribution in [2.75, 3.05) is 0 Å². The van der Waals surface area contributed by atoms with Crippen LogP contribution in [0.5, 0.6) is 5.75 Å². The Morgan fingerprint density at radius 2 is 1.50 bits per heavy atom. The fourth-order valence-electron chi connectivity index (χ4n) is 5.94. The molecule has 2 aromatic rings. The number of carbonyl (C=O) groups excluding carboxylic acids is 1. The van der Waals surface area contributed by atoms with Crippen LogP contribution in [0, 0.1) is 35.0 Å². The van der Waals surface area contributed by atoms with Gasteiger partial charge in [-0.25, -0.2) is 0 Å². The molecule has 0 heterocycles. The van der Waals surface area contributed by atoms with Crippen molar-refractivity contribution in [1.82, 2.24) is 0 Å². The maximum absolute atomic E-state index is 12.6. The van der Waals surface area contributed by atoms with Crippen LogP contribution in [0.4, 0.5) is 0 Å². The van der Waals surface area contributed by atoms with Gasteiger partial charge in [0.1, 0.15) is 5.75 Å². The minimum Gasteiger partial charge on any atom is -0.426 e. The fourth-order valence-corrected chi connectivity index (χ4v) is 5.94. The highest BCUT2D eigenvalue weighted by atomic mass is 16.5. The summed E-state index contributed by atoms with van der Waals surface area (Å²) in [7, 11) is 0. The lowest BCUT2D eigenvalue weighted by Crippen LogP contribution is -2.30. The molecule has 0 saturated heterocycles. The van der Waals surface area contributed by atoms with Crippen molar-refractivity contribution in [3.63, 3.8) is 0 Å². The van der Waals surface area contributed by atoms with Gasteiger partial charge in [-0.1, -0.05) is 50.1 Å². The highest BCUT2D eigenvalue weighted by Crippen LogP contribution is 2.43. The number of nitrogens with zero attached hydrogens (tertiary/aromatic N) is 1. The van der Waals surface area contributed by atoms with Gasteiger partial charge in [-0.2, -0.15) is 5.26 Å². The van der Waals surface area contributed by atoms with Gasteiger partial charge in [0.2, 0.25) is 0 Å². The van der Waals surface area contributed by atoms with Gasteiger partial charge in [-0.05, 0) is 98.4 Å². The number of hydrogen-bond donors (Lipinski definition) is 0. The topological polar surface area (TPSA) is 50.1 Å². The lowest BCUT2D eigenvalue weighted by molar-refractivity contribution is -0.140. The van der Waals surface area contributed by atoms with Crippen LogP contribution in [0.15, 0.2) is 54.6 Å². The molecule has 0 N–H and O–H groups in total. The zero-order valence-electron chi connectivity index (χ0n) is 19.2. The first-order chi connectivity index (χ1) is 15.6. The largest absolute Gasteiger partial charge is 0.426 e. The van der Waals surface area contributed by atoms with Crippen LogP contribution >= 0.6 is 0 Å². The molecule has 2 aliphatic rings. The molecular formula is C29H35NO2. The van der Waals surface area contributed by atoms with E-state index < -0.39 is 0 Å². The second-order valence-corrected chi connectivity index (χ2v) is 10.00. The third-order valence-electron chi connectivity index (χ3n) is 7.92. The molecule has 32 heavy (non-hydrogen) atoms. The van der Waals surface area contributed by atoms with E-state index in [1.165, 1.54) is 37.7 Å². The monoisotopic (exact) mass is 429 g/mol. The average Bonchev–Trinajstić information content (AvgIpc) is 2.85. The van der Waals surface area contributed by atoms with E-state index >= 15 is 0 Å². The van der Waals surface area contributed by atoms with Crippen LogP contribution in [-0.4, -0.2) is 5.97 Å². The molecule has 0 spiro atoms. The van der Waals surface area contributed by atoms with Crippen molar-refractivity contribution in [2.45, 2.75) is 70.6 Å². The first-order valence-electron chi connectivity index (χ1n) is 12.4. The highest BCUT2D eigenvalue weighted by Gasteiger charge is 2.34. The minimum atomic E-state index is -0.105. The lowest BCUT2D eigenvalue weighted by Gasteiger charge is -2.38. The van der Waals surface area contributed by atoms with Gasteiger partial charge >= 0.3 is 5.97 Å². The van der Waals surface area contributed by atoms with E-state index in [1.807, 2.05) is 0 Å². The molecule has 0 bridgehead atoms. The predicted octanol–water partition coefficient (Wildman–Crippen LogP) is 7.27. The second kappa shape index (κ2) is 10.8. The molecular weight excluding hydrogens is 394 g/mol. The zero-order chi connectivity index (χ0) is 22.3. The van der Waals surface area contributed by atoms with Crippen molar-refractivity contribution in [2.24, 2.45) is 23.7 Å². The fraction of sp³-hybridized carbons (Fsp3) is 0.517. The summed E-state index contributed by atoms with van der Waals surface area (Å²) in [5, 5.41) is 8.89. The van der Waals surface area contributed by atoms with Crippen LogP contribution in [-0.2, 0) is 4.79 Å². The Balaban J connectivity index is 1.19. The van der Waals surface area contributed by atoms with Gasteiger partial charge in [0, 0.05) is 0 Å². The molecule has 2 aromatic carbocycles. The van der Waals surface area contributed by atoms with E-state index in [0.717, 1.165) is 43.4 Å². The number of ether oxygens (including phenoxy) is 1.